The molecule has 2 N–H and O–H groups in total. The number of halogens is 2. The van der Waals surface area contributed by atoms with Gasteiger partial charge in [-0.05, 0) is 35.1 Å². The zero-order valence-electron chi connectivity index (χ0n) is 10.4. The maximum absolute atomic E-state index is 13.9. The van der Waals surface area contributed by atoms with Crippen LogP contribution in [0.4, 0.5) is 8.78 Å². The fourth-order valence-corrected chi connectivity index (χ4v) is 1.92. The SMILES string of the molecule is CCc1ccc(-c2c(F)cc(B(O)O)cc2F)cc1. The van der Waals surface area contributed by atoms with Gasteiger partial charge in [0.1, 0.15) is 11.6 Å². The van der Waals surface area contributed by atoms with E-state index in [-0.39, 0.29) is 11.0 Å². The first-order valence-electron chi connectivity index (χ1n) is 5.97. The average Bonchev–Trinajstić information content (AvgIpc) is 2.38. The molecule has 2 aromatic rings. The van der Waals surface area contributed by atoms with Crippen molar-refractivity contribution in [2.45, 2.75) is 13.3 Å². The van der Waals surface area contributed by atoms with Gasteiger partial charge < -0.3 is 10.0 Å². The lowest BCUT2D eigenvalue weighted by atomic mass is 9.79. The summed E-state index contributed by atoms with van der Waals surface area (Å²) in [6.45, 7) is 1.99. The normalized spacial score (nSPS) is 10.6. The van der Waals surface area contributed by atoms with Gasteiger partial charge in [0.25, 0.3) is 0 Å². The third-order valence-electron chi connectivity index (χ3n) is 3.01. The Bertz CT molecular complexity index is 559. The van der Waals surface area contributed by atoms with E-state index in [4.69, 9.17) is 10.0 Å². The molecule has 0 aliphatic carbocycles. The van der Waals surface area contributed by atoms with Crippen LogP contribution in [0, 0.1) is 11.6 Å². The van der Waals surface area contributed by atoms with Crippen molar-refractivity contribution in [3.8, 4) is 11.1 Å². The fraction of sp³-hybridized carbons (Fsp3) is 0.143. The van der Waals surface area contributed by atoms with E-state index in [2.05, 4.69) is 0 Å². The van der Waals surface area contributed by atoms with E-state index in [0.29, 0.717) is 5.56 Å². The van der Waals surface area contributed by atoms with Crippen LogP contribution in [0.15, 0.2) is 36.4 Å². The molecule has 0 amide bonds. The van der Waals surface area contributed by atoms with Crippen LogP contribution in [-0.4, -0.2) is 17.2 Å². The molecule has 0 saturated carbocycles. The molecule has 5 heteroatoms. The number of hydrogen-bond acceptors (Lipinski definition) is 2. The van der Waals surface area contributed by atoms with E-state index in [1.54, 1.807) is 12.1 Å². The Morgan fingerprint density at radius 1 is 1.00 bits per heavy atom. The molecule has 0 aliphatic rings. The van der Waals surface area contributed by atoms with E-state index < -0.39 is 18.8 Å². The number of aryl methyl sites for hydroxylation is 1. The summed E-state index contributed by atoms with van der Waals surface area (Å²) in [5.41, 5.74) is 1.13. The summed E-state index contributed by atoms with van der Waals surface area (Å²) < 4.78 is 27.8. The molecule has 2 aromatic carbocycles. The predicted octanol–water partition coefficient (Wildman–Crippen LogP) is 1.87. The van der Waals surface area contributed by atoms with Gasteiger partial charge in [0, 0.05) is 0 Å². The molecule has 0 aliphatic heterocycles. The second-order valence-electron chi connectivity index (χ2n) is 4.28. The van der Waals surface area contributed by atoms with E-state index in [0.717, 1.165) is 24.1 Å². The van der Waals surface area contributed by atoms with Crippen LogP contribution in [0.5, 0.6) is 0 Å². The minimum Gasteiger partial charge on any atom is -0.423 e. The van der Waals surface area contributed by atoms with Crippen molar-refractivity contribution in [1.82, 2.24) is 0 Å². The topological polar surface area (TPSA) is 40.5 Å². The molecule has 0 fully saturated rings. The summed E-state index contributed by atoms with van der Waals surface area (Å²) in [6, 6.07) is 8.77. The first-order valence-corrected chi connectivity index (χ1v) is 5.97. The first kappa shape index (κ1) is 13.7. The third-order valence-corrected chi connectivity index (χ3v) is 3.01. The summed E-state index contributed by atoms with van der Waals surface area (Å²) in [6.07, 6.45) is 0.848. The number of rotatable bonds is 3. The molecule has 0 bridgehead atoms. The van der Waals surface area contributed by atoms with Crippen LogP contribution in [0.25, 0.3) is 11.1 Å². The van der Waals surface area contributed by atoms with Gasteiger partial charge in [-0.15, -0.1) is 0 Å². The second kappa shape index (κ2) is 5.51. The minimum absolute atomic E-state index is 0.160. The molecule has 0 radical (unpaired) electrons. The van der Waals surface area contributed by atoms with Crippen LogP contribution in [0.2, 0.25) is 0 Å². The Labute approximate surface area is 110 Å². The summed E-state index contributed by atoms with van der Waals surface area (Å²) in [5.74, 6) is -1.63. The van der Waals surface area contributed by atoms with E-state index >= 15 is 0 Å². The zero-order chi connectivity index (χ0) is 14.0. The van der Waals surface area contributed by atoms with Crippen LogP contribution in [0.1, 0.15) is 12.5 Å². The highest BCUT2D eigenvalue weighted by Gasteiger charge is 2.18. The summed E-state index contributed by atoms with van der Waals surface area (Å²) >= 11 is 0. The zero-order valence-corrected chi connectivity index (χ0v) is 10.4. The molecular weight excluding hydrogens is 249 g/mol. The quantitative estimate of drug-likeness (QED) is 0.829. The Balaban J connectivity index is 2.49. The Kier molecular flexibility index (Phi) is 3.97. The molecule has 0 atom stereocenters. The second-order valence-corrected chi connectivity index (χ2v) is 4.28. The van der Waals surface area contributed by atoms with Gasteiger partial charge in [-0.2, -0.15) is 0 Å². The fourth-order valence-electron chi connectivity index (χ4n) is 1.92. The highest BCUT2D eigenvalue weighted by atomic mass is 19.1. The third kappa shape index (κ3) is 2.83. The number of benzene rings is 2. The Morgan fingerprint density at radius 3 is 1.95 bits per heavy atom. The first-order chi connectivity index (χ1) is 9.02. The molecule has 0 aromatic heterocycles. The van der Waals surface area contributed by atoms with E-state index in [1.807, 2.05) is 19.1 Å². The lowest BCUT2D eigenvalue weighted by molar-refractivity contribution is 0.425. The minimum atomic E-state index is -1.89. The molecule has 2 rings (SSSR count). The van der Waals surface area contributed by atoms with Crippen LogP contribution < -0.4 is 5.46 Å². The molecular formula is C14H13BF2O2. The lowest BCUT2D eigenvalue weighted by Crippen LogP contribution is -2.30. The van der Waals surface area contributed by atoms with Crippen molar-refractivity contribution in [2.75, 3.05) is 0 Å². The van der Waals surface area contributed by atoms with Crippen molar-refractivity contribution in [1.29, 1.82) is 0 Å². The number of hydrogen-bond donors (Lipinski definition) is 2. The Morgan fingerprint density at radius 2 is 1.53 bits per heavy atom. The van der Waals surface area contributed by atoms with Crippen LogP contribution in [-0.2, 0) is 6.42 Å². The lowest BCUT2D eigenvalue weighted by Gasteiger charge is -2.08. The molecule has 2 nitrogen and oxygen atoms in total. The molecule has 98 valence electrons. The van der Waals surface area contributed by atoms with Gasteiger partial charge >= 0.3 is 7.12 Å². The molecule has 0 unspecified atom stereocenters. The molecule has 0 saturated heterocycles. The Hall–Kier alpha value is -1.72. The molecule has 0 heterocycles. The summed E-state index contributed by atoms with van der Waals surface area (Å²) in [4.78, 5) is 0. The summed E-state index contributed by atoms with van der Waals surface area (Å²) in [5, 5.41) is 17.8. The highest BCUT2D eigenvalue weighted by molar-refractivity contribution is 6.58. The van der Waals surface area contributed by atoms with Crippen molar-refractivity contribution in [2.24, 2.45) is 0 Å². The maximum atomic E-state index is 13.9. The van der Waals surface area contributed by atoms with Crippen LogP contribution in [0.3, 0.4) is 0 Å². The van der Waals surface area contributed by atoms with Crippen LogP contribution >= 0.6 is 0 Å². The molecule has 19 heavy (non-hydrogen) atoms. The van der Waals surface area contributed by atoms with Gasteiger partial charge in [0.15, 0.2) is 0 Å². The van der Waals surface area contributed by atoms with Gasteiger partial charge in [-0.25, -0.2) is 8.78 Å². The maximum Gasteiger partial charge on any atom is 0.488 e. The van der Waals surface area contributed by atoms with Gasteiger partial charge in [0.2, 0.25) is 0 Å². The van der Waals surface area contributed by atoms with Gasteiger partial charge in [0.05, 0.1) is 5.56 Å². The summed E-state index contributed by atoms with van der Waals surface area (Å²) in [7, 11) is -1.89. The predicted molar refractivity (Wildman–Crippen MR) is 71.0 cm³/mol. The highest BCUT2D eigenvalue weighted by Crippen LogP contribution is 2.25. The smallest absolute Gasteiger partial charge is 0.423 e. The van der Waals surface area contributed by atoms with Crippen molar-refractivity contribution in [3.63, 3.8) is 0 Å². The molecule has 0 spiro atoms. The largest absolute Gasteiger partial charge is 0.488 e. The van der Waals surface area contributed by atoms with Crippen molar-refractivity contribution >= 4 is 12.6 Å². The monoisotopic (exact) mass is 262 g/mol. The van der Waals surface area contributed by atoms with Gasteiger partial charge in [-0.1, -0.05) is 31.2 Å². The average molecular weight is 262 g/mol. The standard InChI is InChI=1S/C14H13BF2O2/c1-2-9-3-5-10(6-4-9)14-12(16)7-11(15(18)19)8-13(14)17/h3-8,18-19H,2H2,1H3. The van der Waals surface area contributed by atoms with E-state index in [9.17, 15) is 8.78 Å². The van der Waals surface area contributed by atoms with E-state index in [1.165, 1.54) is 0 Å². The van der Waals surface area contributed by atoms with Crippen molar-refractivity contribution in [3.05, 3.63) is 53.6 Å². The van der Waals surface area contributed by atoms with Crippen molar-refractivity contribution < 1.29 is 18.8 Å². The van der Waals surface area contributed by atoms with Gasteiger partial charge in [-0.3, -0.25) is 0 Å².